The Morgan fingerprint density at radius 1 is 1.28 bits per heavy atom. The molecule has 1 saturated heterocycles. The fourth-order valence-electron chi connectivity index (χ4n) is 1.90. The molecule has 0 radical (unpaired) electrons. The van der Waals surface area contributed by atoms with Gasteiger partial charge in [-0.15, -0.1) is 0 Å². The Labute approximate surface area is 103 Å². The van der Waals surface area contributed by atoms with Gasteiger partial charge in [0.15, 0.2) is 11.6 Å². The van der Waals surface area contributed by atoms with Crippen LogP contribution in [0.15, 0.2) is 12.1 Å². The molecule has 3 N–H and O–H groups in total. The lowest BCUT2D eigenvalue weighted by molar-refractivity contribution is 0.0995. The first-order valence-corrected chi connectivity index (χ1v) is 5.74. The number of nitrogens with one attached hydrogen (secondary N) is 1. The van der Waals surface area contributed by atoms with Crippen molar-refractivity contribution >= 4 is 5.91 Å². The van der Waals surface area contributed by atoms with Crippen LogP contribution in [0, 0.1) is 11.6 Å². The molecule has 1 aromatic carbocycles. The Morgan fingerprint density at radius 2 is 1.94 bits per heavy atom. The molecule has 6 heteroatoms. The molecule has 1 fully saturated rings. The Hall–Kier alpha value is -1.69. The minimum atomic E-state index is -1.00. The maximum Gasteiger partial charge on any atom is 0.251 e. The van der Waals surface area contributed by atoms with Gasteiger partial charge in [0.05, 0.1) is 5.56 Å². The topological polar surface area (TPSA) is 64.4 Å². The summed E-state index contributed by atoms with van der Waals surface area (Å²) >= 11 is 0. The fourth-order valence-corrected chi connectivity index (χ4v) is 1.90. The van der Waals surface area contributed by atoms with Crippen molar-refractivity contribution in [2.75, 3.05) is 13.1 Å². The number of benzene rings is 1. The summed E-state index contributed by atoms with van der Waals surface area (Å²) in [5.74, 6) is -2.82. The molecule has 1 aromatic rings. The molecule has 18 heavy (non-hydrogen) atoms. The van der Waals surface area contributed by atoms with Crippen LogP contribution < -0.4 is 15.8 Å². The van der Waals surface area contributed by atoms with E-state index in [-0.39, 0.29) is 11.9 Å². The lowest BCUT2D eigenvalue weighted by Crippen LogP contribution is -2.34. The van der Waals surface area contributed by atoms with E-state index in [4.69, 9.17) is 10.5 Å². The molecule has 0 aromatic heterocycles. The number of ether oxygens (including phenoxy) is 1. The predicted molar refractivity (Wildman–Crippen MR) is 61.4 cm³/mol. The largest absolute Gasteiger partial charge is 0.487 e. The number of rotatable bonds is 3. The van der Waals surface area contributed by atoms with E-state index in [9.17, 15) is 13.6 Å². The van der Waals surface area contributed by atoms with E-state index in [2.05, 4.69) is 5.32 Å². The highest BCUT2D eigenvalue weighted by Gasteiger charge is 2.19. The molecule has 0 saturated carbocycles. The van der Waals surface area contributed by atoms with Crippen LogP contribution in [0.2, 0.25) is 0 Å². The summed E-state index contributed by atoms with van der Waals surface area (Å²) in [6.45, 7) is 1.57. The average molecular weight is 256 g/mol. The second kappa shape index (κ2) is 5.30. The average Bonchev–Trinajstić information content (AvgIpc) is 2.34. The lowest BCUT2D eigenvalue weighted by Gasteiger charge is -2.24. The van der Waals surface area contributed by atoms with Crippen LogP contribution >= 0.6 is 0 Å². The van der Waals surface area contributed by atoms with Crippen LogP contribution in [0.5, 0.6) is 5.75 Å². The first kappa shape index (κ1) is 12.8. The SMILES string of the molecule is NC(=O)c1cc(F)c(OC2CCNCC2)cc1F. The third-order valence-electron chi connectivity index (χ3n) is 2.87. The fraction of sp³-hybridized carbons (Fsp3) is 0.417. The van der Waals surface area contributed by atoms with Gasteiger partial charge in [0, 0.05) is 6.07 Å². The zero-order chi connectivity index (χ0) is 13.1. The van der Waals surface area contributed by atoms with E-state index in [1.165, 1.54) is 0 Å². The van der Waals surface area contributed by atoms with E-state index in [1.54, 1.807) is 0 Å². The number of nitrogens with two attached hydrogens (primary N) is 1. The predicted octanol–water partition coefficient (Wildman–Crippen LogP) is 1.19. The molecular formula is C12H14F2N2O2. The highest BCUT2D eigenvalue weighted by atomic mass is 19.1. The van der Waals surface area contributed by atoms with Gasteiger partial charge in [0.2, 0.25) is 0 Å². The standard InChI is InChI=1S/C12H14F2N2O2/c13-9-6-11(10(14)5-8(9)12(15)17)18-7-1-3-16-4-2-7/h5-7,16H,1-4H2,(H2,15,17). The quantitative estimate of drug-likeness (QED) is 0.854. The van der Waals surface area contributed by atoms with Crippen LogP contribution in [0.3, 0.4) is 0 Å². The van der Waals surface area contributed by atoms with Crippen molar-refractivity contribution in [2.45, 2.75) is 18.9 Å². The molecule has 4 nitrogen and oxygen atoms in total. The number of hydrogen-bond acceptors (Lipinski definition) is 3. The Morgan fingerprint density at radius 3 is 2.56 bits per heavy atom. The molecule has 1 aliphatic heterocycles. The smallest absolute Gasteiger partial charge is 0.251 e. The number of amides is 1. The van der Waals surface area contributed by atoms with Gasteiger partial charge in [-0.05, 0) is 32.0 Å². The monoisotopic (exact) mass is 256 g/mol. The van der Waals surface area contributed by atoms with E-state index in [0.717, 1.165) is 38.1 Å². The van der Waals surface area contributed by atoms with E-state index < -0.39 is 23.1 Å². The summed E-state index contributed by atoms with van der Waals surface area (Å²) < 4.78 is 32.5. The van der Waals surface area contributed by atoms with Gasteiger partial charge < -0.3 is 15.8 Å². The molecule has 0 aliphatic carbocycles. The molecule has 1 heterocycles. The first-order valence-electron chi connectivity index (χ1n) is 5.74. The minimum Gasteiger partial charge on any atom is -0.487 e. The Balaban J connectivity index is 2.18. The summed E-state index contributed by atoms with van der Waals surface area (Å²) in [5.41, 5.74) is 4.46. The van der Waals surface area contributed by atoms with E-state index in [1.807, 2.05) is 0 Å². The van der Waals surface area contributed by atoms with Gasteiger partial charge in [-0.25, -0.2) is 8.78 Å². The molecule has 1 aliphatic rings. The normalized spacial score (nSPS) is 16.6. The van der Waals surface area contributed by atoms with Gasteiger partial charge in [-0.2, -0.15) is 0 Å². The number of carbonyl (C=O) groups excluding carboxylic acids is 1. The molecule has 0 bridgehead atoms. The highest BCUT2D eigenvalue weighted by molar-refractivity contribution is 5.93. The summed E-state index contributed by atoms with van der Waals surface area (Å²) in [7, 11) is 0. The van der Waals surface area contributed by atoms with Crippen LogP contribution in [0.25, 0.3) is 0 Å². The summed E-state index contributed by atoms with van der Waals surface area (Å²) in [4.78, 5) is 10.8. The van der Waals surface area contributed by atoms with Crippen molar-refractivity contribution < 1.29 is 18.3 Å². The number of primary amides is 1. The zero-order valence-corrected chi connectivity index (χ0v) is 9.71. The second-order valence-corrected chi connectivity index (χ2v) is 4.19. The van der Waals surface area contributed by atoms with Crippen LogP contribution in [0.1, 0.15) is 23.2 Å². The van der Waals surface area contributed by atoms with Gasteiger partial charge in [-0.1, -0.05) is 0 Å². The van der Waals surface area contributed by atoms with Crippen LogP contribution in [0.4, 0.5) is 8.78 Å². The third kappa shape index (κ3) is 2.76. The molecule has 0 unspecified atom stereocenters. The first-order chi connectivity index (χ1) is 8.58. The van der Waals surface area contributed by atoms with Crippen molar-refractivity contribution in [3.63, 3.8) is 0 Å². The van der Waals surface area contributed by atoms with Gasteiger partial charge in [-0.3, -0.25) is 4.79 Å². The van der Waals surface area contributed by atoms with E-state index in [0.29, 0.717) is 0 Å². The van der Waals surface area contributed by atoms with Gasteiger partial charge >= 0.3 is 0 Å². The van der Waals surface area contributed by atoms with Crippen molar-refractivity contribution in [1.82, 2.24) is 5.32 Å². The summed E-state index contributed by atoms with van der Waals surface area (Å²) in [6, 6.07) is 1.64. The molecule has 2 rings (SSSR count). The van der Waals surface area contributed by atoms with E-state index >= 15 is 0 Å². The van der Waals surface area contributed by atoms with Crippen molar-refractivity contribution in [3.8, 4) is 5.75 Å². The van der Waals surface area contributed by atoms with Crippen LogP contribution in [-0.2, 0) is 0 Å². The van der Waals surface area contributed by atoms with Gasteiger partial charge in [0.1, 0.15) is 11.9 Å². The molecular weight excluding hydrogens is 242 g/mol. The maximum absolute atomic E-state index is 13.6. The number of carbonyl (C=O) groups is 1. The summed E-state index contributed by atoms with van der Waals surface area (Å²) in [5, 5.41) is 3.14. The zero-order valence-electron chi connectivity index (χ0n) is 9.71. The number of piperidine rings is 1. The number of halogens is 2. The Bertz CT molecular complexity index is 460. The highest BCUT2D eigenvalue weighted by Crippen LogP contribution is 2.24. The molecule has 98 valence electrons. The minimum absolute atomic E-state index is 0.139. The molecule has 1 amide bonds. The van der Waals surface area contributed by atoms with Crippen molar-refractivity contribution in [3.05, 3.63) is 29.3 Å². The van der Waals surface area contributed by atoms with Crippen molar-refractivity contribution in [1.29, 1.82) is 0 Å². The number of hydrogen-bond donors (Lipinski definition) is 2. The van der Waals surface area contributed by atoms with Crippen molar-refractivity contribution in [2.24, 2.45) is 5.73 Å². The van der Waals surface area contributed by atoms with Gasteiger partial charge in [0.25, 0.3) is 5.91 Å². The van der Waals surface area contributed by atoms with Crippen LogP contribution in [-0.4, -0.2) is 25.1 Å². The summed E-state index contributed by atoms with van der Waals surface area (Å²) in [6.07, 6.45) is 1.33. The molecule has 0 spiro atoms. The lowest BCUT2D eigenvalue weighted by atomic mass is 10.1. The third-order valence-corrected chi connectivity index (χ3v) is 2.87. The Kier molecular flexibility index (Phi) is 3.76. The maximum atomic E-state index is 13.6. The molecule has 0 atom stereocenters. The second-order valence-electron chi connectivity index (χ2n) is 4.19.